The molecule has 1 aliphatic carbocycles. The Labute approximate surface area is 222 Å². The molecule has 0 amide bonds. The molecule has 1 aliphatic heterocycles. The third-order valence-electron chi connectivity index (χ3n) is 7.22. The number of benzene rings is 2. The van der Waals surface area contributed by atoms with E-state index in [1.165, 1.54) is 17.7 Å². The first-order chi connectivity index (χ1) is 18.3. The number of carbonyl (C=O) groups is 1. The number of hydrogen-bond donors (Lipinski definition) is 3. The highest BCUT2D eigenvalue weighted by atomic mass is 19.4. The lowest BCUT2D eigenvalue weighted by Gasteiger charge is -2.44. The molecule has 2 fully saturated rings. The summed E-state index contributed by atoms with van der Waals surface area (Å²) in [5, 5.41) is 9.89. The van der Waals surface area contributed by atoms with Crippen molar-refractivity contribution in [3.05, 3.63) is 53.6 Å². The number of carboxylic acids is 1. The Bertz CT molecular complexity index is 1210. The van der Waals surface area contributed by atoms with Gasteiger partial charge in [0.05, 0.1) is 25.9 Å². The van der Waals surface area contributed by atoms with E-state index in [-0.39, 0.29) is 23.1 Å². The van der Waals surface area contributed by atoms with E-state index in [1.807, 2.05) is 6.07 Å². The minimum atomic E-state index is -5.08. The van der Waals surface area contributed by atoms with E-state index in [0.717, 1.165) is 49.8 Å². The van der Waals surface area contributed by atoms with Gasteiger partial charge in [0, 0.05) is 17.5 Å². The number of nitrogens with one attached hydrogen (secondary N) is 1. The summed E-state index contributed by atoms with van der Waals surface area (Å²) >= 11 is 0. The molecule has 1 saturated carbocycles. The number of guanidine groups is 1. The molecule has 13 heteroatoms. The highest BCUT2D eigenvalue weighted by Crippen LogP contribution is 2.50. The Morgan fingerprint density at radius 1 is 1.13 bits per heavy atom. The minimum absolute atomic E-state index is 0.0184. The number of nitrogens with zero attached hydrogens (tertiary/aromatic N) is 2. The summed E-state index contributed by atoms with van der Waals surface area (Å²) < 4.78 is 69.8. The molecule has 3 atom stereocenters. The van der Waals surface area contributed by atoms with Gasteiger partial charge in [-0.25, -0.2) is 18.6 Å². The molecule has 2 aromatic rings. The van der Waals surface area contributed by atoms with Crippen LogP contribution in [-0.2, 0) is 10.2 Å². The van der Waals surface area contributed by atoms with Crippen molar-refractivity contribution in [2.75, 3.05) is 33.1 Å². The zero-order valence-electron chi connectivity index (χ0n) is 21.7. The van der Waals surface area contributed by atoms with Crippen molar-refractivity contribution in [3.8, 4) is 11.5 Å². The summed E-state index contributed by atoms with van der Waals surface area (Å²) in [7, 11) is 5.44. The van der Waals surface area contributed by atoms with Crippen molar-refractivity contribution in [1.29, 1.82) is 0 Å². The molecule has 1 heterocycles. The average molecular weight is 559 g/mol. The number of hydrogen-bond acceptors (Lipinski definition) is 5. The number of aliphatic carboxylic acids is 1. The lowest BCUT2D eigenvalue weighted by Crippen LogP contribution is -2.47. The van der Waals surface area contributed by atoms with Crippen LogP contribution in [0.3, 0.4) is 0 Å². The van der Waals surface area contributed by atoms with E-state index in [9.17, 15) is 22.0 Å². The van der Waals surface area contributed by atoms with Crippen LogP contribution in [0, 0.1) is 11.6 Å². The van der Waals surface area contributed by atoms with Gasteiger partial charge in [0.2, 0.25) is 0 Å². The second-order valence-corrected chi connectivity index (χ2v) is 9.47. The van der Waals surface area contributed by atoms with Crippen LogP contribution < -0.4 is 20.5 Å². The molecular formula is C26H31F5N4O4. The molecule has 0 unspecified atom stereocenters. The fourth-order valence-electron chi connectivity index (χ4n) is 5.32. The van der Waals surface area contributed by atoms with Gasteiger partial charge in [-0.2, -0.15) is 13.2 Å². The van der Waals surface area contributed by atoms with Gasteiger partial charge in [0.25, 0.3) is 0 Å². The largest absolute Gasteiger partial charge is 0.493 e. The zero-order valence-corrected chi connectivity index (χ0v) is 21.7. The van der Waals surface area contributed by atoms with Gasteiger partial charge in [0.15, 0.2) is 17.5 Å². The minimum Gasteiger partial charge on any atom is -0.493 e. The molecular weight excluding hydrogens is 527 g/mol. The van der Waals surface area contributed by atoms with Crippen LogP contribution in [0.4, 0.5) is 27.6 Å². The van der Waals surface area contributed by atoms with Crippen LogP contribution in [0.5, 0.6) is 11.5 Å². The van der Waals surface area contributed by atoms with Crippen LogP contribution in [0.1, 0.15) is 31.2 Å². The van der Waals surface area contributed by atoms with Crippen molar-refractivity contribution in [1.82, 2.24) is 4.90 Å². The molecule has 1 saturated heterocycles. The van der Waals surface area contributed by atoms with E-state index < -0.39 is 23.8 Å². The van der Waals surface area contributed by atoms with E-state index in [0.29, 0.717) is 6.04 Å². The third-order valence-corrected chi connectivity index (χ3v) is 7.22. The normalized spacial score (nSPS) is 23.3. The molecule has 0 radical (unpaired) electrons. The number of methoxy groups -OCH3 is 2. The molecule has 0 bridgehead atoms. The topological polar surface area (TPSA) is 109 Å². The Hall–Kier alpha value is -3.61. The SMILES string of the molecule is COc1ccc([C@@]23CC[C@@H](N=C(N)Nc4ccc(F)cc4F)C[C@@H]2N(C)CC3)cc1OC.O=C(O)C(F)(F)F. The Morgan fingerprint density at radius 2 is 1.79 bits per heavy atom. The molecule has 8 nitrogen and oxygen atoms in total. The Balaban J connectivity index is 0.000000532. The molecule has 214 valence electrons. The van der Waals surface area contributed by atoms with Gasteiger partial charge in [-0.1, -0.05) is 6.07 Å². The first-order valence-corrected chi connectivity index (χ1v) is 12.1. The summed E-state index contributed by atoms with van der Waals surface area (Å²) in [6, 6.07) is 9.86. The number of halogens is 5. The van der Waals surface area contributed by atoms with E-state index in [4.69, 9.17) is 25.1 Å². The van der Waals surface area contributed by atoms with Crippen LogP contribution in [0.25, 0.3) is 0 Å². The zero-order chi connectivity index (χ0) is 29.0. The first kappa shape index (κ1) is 29.9. The maximum absolute atomic E-state index is 13.9. The predicted molar refractivity (Wildman–Crippen MR) is 135 cm³/mol. The second-order valence-electron chi connectivity index (χ2n) is 9.47. The number of nitrogens with two attached hydrogens (primary N) is 1. The predicted octanol–water partition coefficient (Wildman–Crippen LogP) is 4.54. The van der Waals surface area contributed by atoms with Crippen LogP contribution in [0.15, 0.2) is 41.4 Å². The molecule has 39 heavy (non-hydrogen) atoms. The molecule has 4 N–H and O–H groups in total. The van der Waals surface area contributed by atoms with Crippen LogP contribution in [0.2, 0.25) is 0 Å². The van der Waals surface area contributed by atoms with Gasteiger partial charge < -0.3 is 30.5 Å². The van der Waals surface area contributed by atoms with Crippen molar-refractivity contribution in [2.45, 2.75) is 49.4 Å². The fourth-order valence-corrected chi connectivity index (χ4v) is 5.32. The number of rotatable bonds is 5. The smallest absolute Gasteiger partial charge is 0.490 e. The number of alkyl halides is 3. The van der Waals surface area contributed by atoms with Gasteiger partial charge in [-0.05, 0) is 69.1 Å². The monoisotopic (exact) mass is 558 g/mol. The molecule has 4 rings (SSSR count). The molecule has 0 aromatic heterocycles. The number of likely N-dealkylation sites (tertiary alicyclic amines) is 1. The number of aliphatic imine (C=N–C) groups is 1. The number of ether oxygens (including phenoxy) is 2. The first-order valence-electron chi connectivity index (χ1n) is 12.1. The maximum Gasteiger partial charge on any atom is 0.490 e. The second kappa shape index (κ2) is 12.1. The highest BCUT2D eigenvalue weighted by Gasteiger charge is 2.50. The number of carboxylic acid groups (broad SMARTS) is 1. The summed E-state index contributed by atoms with van der Waals surface area (Å²) in [5.41, 5.74) is 7.45. The average Bonchev–Trinajstić information content (AvgIpc) is 3.22. The molecule has 2 aromatic carbocycles. The number of likely N-dealkylation sites (N-methyl/N-ethyl adjacent to an activating group) is 1. The van der Waals surface area contributed by atoms with Gasteiger partial charge in [-0.3, -0.25) is 0 Å². The van der Waals surface area contributed by atoms with Gasteiger partial charge in [0.1, 0.15) is 11.6 Å². The summed E-state index contributed by atoms with van der Waals surface area (Å²) in [6.45, 7) is 1.00. The maximum atomic E-state index is 13.9. The van der Waals surface area contributed by atoms with Gasteiger partial charge >= 0.3 is 12.1 Å². The summed E-state index contributed by atoms with van der Waals surface area (Å²) in [5.74, 6) is -2.49. The van der Waals surface area contributed by atoms with Crippen molar-refractivity contribution >= 4 is 17.6 Å². The number of fused-ring (bicyclic) bond motifs is 1. The third kappa shape index (κ3) is 6.88. The van der Waals surface area contributed by atoms with Crippen molar-refractivity contribution in [2.24, 2.45) is 10.7 Å². The van der Waals surface area contributed by atoms with E-state index in [1.54, 1.807) is 14.2 Å². The Morgan fingerprint density at radius 3 is 2.38 bits per heavy atom. The lowest BCUT2D eigenvalue weighted by atomic mass is 9.65. The van der Waals surface area contributed by atoms with E-state index >= 15 is 0 Å². The number of anilines is 1. The van der Waals surface area contributed by atoms with Crippen LogP contribution in [-0.4, -0.2) is 68.0 Å². The fraction of sp³-hybridized carbons (Fsp3) is 0.462. The van der Waals surface area contributed by atoms with Crippen molar-refractivity contribution in [3.63, 3.8) is 0 Å². The summed E-state index contributed by atoms with van der Waals surface area (Å²) in [4.78, 5) is 15.9. The highest BCUT2D eigenvalue weighted by molar-refractivity contribution is 5.92. The summed E-state index contributed by atoms with van der Waals surface area (Å²) in [6.07, 6.45) is -1.34. The van der Waals surface area contributed by atoms with Crippen LogP contribution >= 0.6 is 0 Å². The quantitative estimate of drug-likeness (QED) is 0.281. The lowest BCUT2D eigenvalue weighted by molar-refractivity contribution is -0.192. The molecule has 0 spiro atoms. The molecule has 2 aliphatic rings. The van der Waals surface area contributed by atoms with Gasteiger partial charge in [-0.15, -0.1) is 0 Å². The van der Waals surface area contributed by atoms with E-state index in [2.05, 4.69) is 34.4 Å². The van der Waals surface area contributed by atoms with Crippen molar-refractivity contribution < 1.29 is 41.3 Å². The standard InChI is InChI=1S/C24H30F2N4O2.C2HF3O2/c1-30-11-10-24(15-4-7-20(31-2)21(12-15)32-3)9-8-17(14-22(24)30)28-23(27)29-19-6-5-16(25)13-18(19)26;3-2(4,5)1(6)7/h4-7,12-13,17,22H,8-11,14H2,1-3H3,(H3,27,28,29);(H,6,7)/t17-,22+,24+;/m1./s1. The Kier molecular flexibility index (Phi) is 9.26.